The molecule has 9 heteroatoms. The number of amides is 4. The molecular weight excluding hydrogens is 431 g/mol. The highest BCUT2D eigenvalue weighted by molar-refractivity contribution is 9.10. The number of hydrogen-bond donors (Lipinski definition) is 1. The Morgan fingerprint density at radius 3 is 2.50 bits per heavy atom. The second-order valence-corrected chi connectivity index (χ2v) is 7.34. The van der Waals surface area contributed by atoms with Gasteiger partial charge in [-0.3, -0.25) is 19.4 Å². The van der Waals surface area contributed by atoms with E-state index in [9.17, 15) is 18.8 Å². The lowest BCUT2D eigenvalue weighted by Crippen LogP contribution is -2.44. The van der Waals surface area contributed by atoms with E-state index in [-0.39, 0.29) is 0 Å². The number of nitrogens with zero attached hydrogens (tertiary/aromatic N) is 3. The third-order valence-electron chi connectivity index (χ3n) is 4.60. The number of pyridine rings is 1. The van der Waals surface area contributed by atoms with Crippen LogP contribution < -0.4 is 10.2 Å². The second kappa shape index (κ2) is 7.67. The molecule has 1 aromatic heterocycles. The van der Waals surface area contributed by atoms with E-state index in [2.05, 4.69) is 26.2 Å². The van der Waals surface area contributed by atoms with Gasteiger partial charge in [0.1, 0.15) is 23.7 Å². The van der Waals surface area contributed by atoms with E-state index in [1.165, 1.54) is 36.1 Å². The van der Waals surface area contributed by atoms with Gasteiger partial charge in [-0.25, -0.2) is 14.2 Å². The number of carbonyl (C=O) groups is 3. The fourth-order valence-electron chi connectivity index (χ4n) is 3.03. The first-order valence-corrected chi connectivity index (χ1v) is 9.37. The van der Waals surface area contributed by atoms with E-state index in [0.717, 1.165) is 9.37 Å². The van der Waals surface area contributed by atoms with Crippen LogP contribution in [0.15, 0.2) is 47.1 Å². The first-order chi connectivity index (χ1) is 13.3. The van der Waals surface area contributed by atoms with Crippen LogP contribution in [-0.4, -0.2) is 40.8 Å². The summed E-state index contributed by atoms with van der Waals surface area (Å²) in [5.41, 5.74) is -0.929. The zero-order chi connectivity index (χ0) is 20.5. The zero-order valence-corrected chi connectivity index (χ0v) is 16.9. The van der Waals surface area contributed by atoms with E-state index in [0.29, 0.717) is 17.9 Å². The molecule has 1 saturated heterocycles. The summed E-state index contributed by atoms with van der Waals surface area (Å²) in [7, 11) is 0. The Balaban J connectivity index is 1.80. The highest BCUT2D eigenvalue weighted by Crippen LogP contribution is 2.29. The normalized spacial score (nSPS) is 18.9. The lowest BCUT2D eigenvalue weighted by molar-refractivity contribution is -0.134. The van der Waals surface area contributed by atoms with Crippen LogP contribution in [0.2, 0.25) is 0 Å². The Kier molecular flexibility index (Phi) is 5.46. The molecule has 0 spiro atoms. The summed E-state index contributed by atoms with van der Waals surface area (Å²) in [5, 5.41) is 2.60. The smallest absolute Gasteiger partial charge is 0.319 e. The van der Waals surface area contributed by atoms with E-state index in [1.807, 2.05) is 0 Å². The lowest BCUT2D eigenvalue weighted by atomic mass is 9.92. The van der Waals surface area contributed by atoms with E-state index in [1.54, 1.807) is 25.3 Å². The molecule has 1 aliphatic heterocycles. The number of rotatable bonds is 5. The summed E-state index contributed by atoms with van der Waals surface area (Å²) < 4.78 is 14.0. The Labute approximate surface area is 169 Å². The van der Waals surface area contributed by atoms with Gasteiger partial charge in [-0.15, -0.1) is 0 Å². The molecule has 1 aromatic carbocycles. The minimum absolute atomic E-state index is 0.326. The number of likely N-dealkylation sites (N-methyl/N-ethyl adjacent to an activating group) is 1. The largest absolute Gasteiger partial charge is 0.325 e. The molecule has 1 atom stereocenters. The van der Waals surface area contributed by atoms with Crippen molar-refractivity contribution >= 4 is 39.6 Å². The fourth-order valence-corrected chi connectivity index (χ4v) is 3.27. The Morgan fingerprint density at radius 2 is 1.93 bits per heavy atom. The maximum absolute atomic E-state index is 13.2. The van der Waals surface area contributed by atoms with Gasteiger partial charge in [0.05, 0.1) is 0 Å². The van der Waals surface area contributed by atoms with Crippen molar-refractivity contribution < 1.29 is 18.8 Å². The summed E-state index contributed by atoms with van der Waals surface area (Å²) >= 11 is 3.28. The third-order valence-corrected chi connectivity index (χ3v) is 5.06. The summed E-state index contributed by atoms with van der Waals surface area (Å²) in [6.45, 7) is 3.20. The molecular formula is C19H18BrFN4O3. The standard InChI is InChI=1S/C19H18BrFN4O3/c1-3-24(15-9-6-13(20)10-22-15)16(26)11-25-17(27)19(2,23-18(25)28)12-4-7-14(21)8-5-12/h4-10H,3,11H2,1-2H3,(H,23,28). The molecule has 2 heterocycles. The molecule has 0 saturated carbocycles. The number of urea groups is 1. The van der Waals surface area contributed by atoms with Gasteiger partial charge in [0.2, 0.25) is 5.91 Å². The van der Waals surface area contributed by atoms with Crippen molar-refractivity contribution in [1.82, 2.24) is 15.2 Å². The average molecular weight is 449 g/mol. The molecule has 0 radical (unpaired) electrons. The van der Waals surface area contributed by atoms with Crippen LogP contribution in [-0.2, 0) is 15.1 Å². The van der Waals surface area contributed by atoms with Gasteiger partial charge in [0, 0.05) is 17.2 Å². The van der Waals surface area contributed by atoms with Crippen LogP contribution in [0.5, 0.6) is 0 Å². The van der Waals surface area contributed by atoms with Crippen molar-refractivity contribution in [3.63, 3.8) is 0 Å². The maximum Gasteiger partial charge on any atom is 0.325 e. The number of hydrogen-bond acceptors (Lipinski definition) is 4. The van der Waals surface area contributed by atoms with Crippen molar-refractivity contribution in [3.8, 4) is 0 Å². The van der Waals surface area contributed by atoms with Crippen LogP contribution in [0, 0.1) is 5.82 Å². The number of anilines is 1. The summed E-state index contributed by atoms with van der Waals surface area (Å²) in [5.74, 6) is -1.04. The van der Waals surface area contributed by atoms with Gasteiger partial charge < -0.3 is 5.32 Å². The molecule has 1 aliphatic rings. The summed E-state index contributed by atoms with van der Waals surface area (Å²) in [6, 6.07) is 8.03. The number of halogens is 2. The number of imide groups is 1. The average Bonchev–Trinajstić information content (AvgIpc) is 2.88. The minimum Gasteiger partial charge on any atom is -0.319 e. The first-order valence-electron chi connectivity index (χ1n) is 8.58. The number of carbonyl (C=O) groups excluding carboxylic acids is 3. The van der Waals surface area contributed by atoms with Crippen LogP contribution in [0.1, 0.15) is 19.4 Å². The zero-order valence-electron chi connectivity index (χ0n) is 15.3. The minimum atomic E-state index is -1.36. The van der Waals surface area contributed by atoms with Crippen molar-refractivity contribution in [2.24, 2.45) is 0 Å². The Bertz CT molecular complexity index is 920. The quantitative estimate of drug-likeness (QED) is 0.712. The predicted octanol–water partition coefficient (Wildman–Crippen LogP) is 2.80. The molecule has 4 amide bonds. The Morgan fingerprint density at radius 1 is 1.25 bits per heavy atom. The van der Waals surface area contributed by atoms with E-state index >= 15 is 0 Å². The van der Waals surface area contributed by atoms with Crippen molar-refractivity contribution in [2.75, 3.05) is 18.0 Å². The fraction of sp³-hybridized carbons (Fsp3) is 0.263. The molecule has 1 N–H and O–H groups in total. The molecule has 146 valence electrons. The van der Waals surface area contributed by atoms with Crippen LogP contribution in [0.25, 0.3) is 0 Å². The van der Waals surface area contributed by atoms with E-state index < -0.39 is 35.7 Å². The van der Waals surface area contributed by atoms with Gasteiger partial charge in [0.15, 0.2) is 0 Å². The monoisotopic (exact) mass is 448 g/mol. The molecule has 3 rings (SSSR count). The predicted molar refractivity (Wildman–Crippen MR) is 104 cm³/mol. The molecule has 2 aromatic rings. The van der Waals surface area contributed by atoms with Gasteiger partial charge in [-0.2, -0.15) is 0 Å². The van der Waals surface area contributed by atoms with Crippen molar-refractivity contribution in [2.45, 2.75) is 19.4 Å². The summed E-state index contributed by atoms with van der Waals surface area (Å²) in [4.78, 5) is 44.5. The number of benzene rings is 1. The first kappa shape index (κ1) is 19.9. The number of aromatic nitrogens is 1. The molecule has 1 unspecified atom stereocenters. The molecule has 1 fully saturated rings. The SMILES string of the molecule is CCN(C(=O)CN1C(=O)NC(C)(c2ccc(F)cc2)C1=O)c1ccc(Br)cn1. The van der Waals surface area contributed by atoms with Crippen LogP contribution >= 0.6 is 15.9 Å². The lowest BCUT2D eigenvalue weighted by Gasteiger charge is -2.24. The van der Waals surface area contributed by atoms with Gasteiger partial charge in [-0.05, 0) is 59.6 Å². The van der Waals surface area contributed by atoms with Crippen LogP contribution in [0.4, 0.5) is 15.0 Å². The Hall–Kier alpha value is -2.81. The van der Waals surface area contributed by atoms with Gasteiger partial charge >= 0.3 is 6.03 Å². The van der Waals surface area contributed by atoms with Gasteiger partial charge in [-0.1, -0.05) is 12.1 Å². The second-order valence-electron chi connectivity index (χ2n) is 6.43. The van der Waals surface area contributed by atoms with Crippen molar-refractivity contribution in [1.29, 1.82) is 0 Å². The maximum atomic E-state index is 13.2. The highest BCUT2D eigenvalue weighted by atomic mass is 79.9. The topological polar surface area (TPSA) is 82.6 Å². The molecule has 0 bridgehead atoms. The van der Waals surface area contributed by atoms with Gasteiger partial charge in [0.25, 0.3) is 5.91 Å². The summed E-state index contributed by atoms with van der Waals surface area (Å²) in [6.07, 6.45) is 1.56. The van der Waals surface area contributed by atoms with E-state index in [4.69, 9.17) is 0 Å². The molecule has 7 nitrogen and oxygen atoms in total. The third kappa shape index (κ3) is 3.62. The molecule has 0 aliphatic carbocycles. The molecule has 28 heavy (non-hydrogen) atoms. The highest BCUT2D eigenvalue weighted by Gasteiger charge is 2.49. The van der Waals surface area contributed by atoms with Crippen LogP contribution in [0.3, 0.4) is 0 Å². The number of nitrogens with one attached hydrogen (secondary N) is 1. The van der Waals surface area contributed by atoms with Crippen molar-refractivity contribution in [3.05, 3.63) is 58.4 Å².